The number of aliphatic carboxylic acids is 1. The molecule has 3 aromatic carbocycles. The molecule has 1 aliphatic carbocycles. The van der Waals surface area contributed by atoms with Crippen LogP contribution < -0.4 is 14.2 Å². The van der Waals surface area contributed by atoms with Crippen molar-refractivity contribution in [3.63, 3.8) is 0 Å². The first kappa shape index (κ1) is 25.7. The zero-order valence-corrected chi connectivity index (χ0v) is 22.3. The molecule has 6 rings (SSSR count). The molecule has 0 saturated carbocycles. The van der Waals surface area contributed by atoms with Gasteiger partial charge in [0.15, 0.2) is 0 Å². The lowest BCUT2D eigenvalue weighted by atomic mass is 9.90. The van der Waals surface area contributed by atoms with E-state index in [-0.39, 0.29) is 24.3 Å². The summed E-state index contributed by atoms with van der Waals surface area (Å²) < 4.78 is 39.0. The van der Waals surface area contributed by atoms with Gasteiger partial charge in [-0.2, -0.15) is 0 Å². The van der Waals surface area contributed by atoms with Crippen molar-refractivity contribution in [1.29, 1.82) is 0 Å². The van der Waals surface area contributed by atoms with Gasteiger partial charge in [-0.15, -0.1) is 0 Å². The standard InChI is InChI=1S/C32H33FO6/c1-18-13-23(38-21-9-11-36-12-10-21)14-19(2)31(18)25-5-7-27(33)32-26(25)6-8-28(32)39-22-3-4-24-20(15-30(34)35)17-37-29(24)16-22/h3-5,7,13-14,16,20-21,28H,6,8-12,15,17H2,1-2H3,(H,34,35)/t20?,28-/m1/s1. The van der Waals surface area contributed by atoms with Crippen molar-refractivity contribution in [2.45, 2.75) is 64.1 Å². The quantitative estimate of drug-likeness (QED) is 0.366. The Hall–Kier alpha value is -3.58. The molecule has 2 aliphatic heterocycles. The topological polar surface area (TPSA) is 74.2 Å². The second-order valence-electron chi connectivity index (χ2n) is 10.8. The van der Waals surface area contributed by atoms with Crippen LogP contribution in [0, 0.1) is 19.7 Å². The maximum atomic E-state index is 15.3. The Labute approximate surface area is 227 Å². The van der Waals surface area contributed by atoms with Crippen molar-refractivity contribution in [2.24, 2.45) is 0 Å². The van der Waals surface area contributed by atoms with E-state index < -0.39 is 12.1 Å². The van der Waals surface area contributed by atoms with Gasteiger partial charge in [0.25, 0.3) is 0 Å². The molecule has 6 nitrogen and oxygen atoms in total. The van der Waals surface area contributed by atoms with E-state index in [1.807, 2.05) is 18.2 Å². The smallest absolute Gasteiger partial charge is 0.304 e. The van der Waals surface area contributed by atoms with Crippen molar-refractivity contribution >= 4 is 5.97 Å². The number of aryl methyl sites for hydroxylation is 2. The molecular weight excluding hydrogens is 499 g/mol. The SMILES string of the molecule is Cc1cc(OC2CCOCC2)cc(C)c1-c1ccc(F)c2c1CC[C@H]2Oc1ccc2c(c1)OCC2CC(=O)O. The molecule has 1 saturated heterocycles. The largest absolute Gasteiger partial charge is 0.492 e. The van der Waals surface area contributed by atoms with Crippen molar-refractivity contribution < 1.29 is 33.2 Å². The Morgan fingerprint density at radius 3 is 2.51 bits per heavy atom. The molecule has 1 unspecified atom stereocenters. The van der Waals surface area contributed by atoms with E-state index in [0.717, 1.165) is 65.2 Å². The van der Waals surface area contributed by atoms with Gasteiger partial charge in [0.2, 0.25) is 0 Å². The van der Waals surface area contributed by atoms with Gasteiger partial charge >= 0.3 is 5.97 Å². The zero-order chi connectivity index (χ0) is 27.1. The number of carboxylic acids is 1. The van der Waals surface area contributed by atoms with Crippen LogP contribution in [0.5, 0.6) is 17.2 Å². The minimum atomic E-state index is -0.849. The molecular formula is C32H33FO6. The predicted molar refractivity (Wildman–Crippen MR) is 144 cm³/mol. The highest BCUT2D eigenvalue weighted by Gasteiger charge is 2.32. The van der Waals surface area contributed by atoms with Crippen molar-refractivity contribution in [2.75, 3.05) is 19.8 Å². The fourth-order valence-electron chi connectivity index (χ4n) is 6.30. The molecule has 0 bridgehead atoms. The number of carbonyl (C=O) groups is 1. The second kappa shape index (κ2) is 10.5. The Morgan fingerprint density at radius 2 is 1.77 bits per heavy atom. The van der Waals surface area contributed by atoms with Crippen LogP contribution in [0.15, 0.2) is 42.5 Å². The lowest BCUT2D eigenvalue weighted by Crippen LogP contribution is -2.25. The van der Waals surface area contributed by atoms with Crippen LogP contribution in [0.3, 0.4) is 0 Å². The lowest BCUT2D eigenvalue weighted by Gasteiger charge is -2.24. The van der Waals surface area contributed by atoms with Crippen LogP contribution in [-0.2, 0) is 16.0 Å². The van der Waals surface area contributed by atoms with E-state index in [9.17, 15) is 4.79 Å². The minimum absolute atomic E-state index is 0.0265. The Balaban J connectivity index is 1.25. The minimum Gasteiger partial charge on any atom is -0.492 e. The molecule has 1 fully saturated rings. The third-order valence-electron chi connectivity index (χ3n) is 8.09. The average Bonchev–Trinajstić information content (AvgIpc) is 3.50. The number of carboxylic acid groups (broad SMARTS) is 1. The maximum Gasteiger partial charge on any atom is 0.304 e. The maximum absolute atomic E-state index is 15.3. The average molecular weight is 533 g/mol. The van der Waals surface area contributed by atoms with Gasteiger partial charge in [-0.3, -0.25) is 4.79 Å². The fraction of sp³-hybridized carbons (Fsp3) is 0.406. The summed E-state index contributed by atoms with van der Waals surface area (Å²) in [7, 11) is 0. The van der Waals surface area contributed by atoms with Crippen LogP contribution in [0.25, 0.3) is 11.1 Å². The third-order valence-corrected chi connectivity index (χ3v) is 8.09. The first-order chi connectivity index (χ1) is 18.9. The Bertz CT molecular complexity index is 1390. The highest BCUT2D eigenvalue weighted by Crippen LogP contribution is 2.45. The monoisotopic (exact) mass is 532 g/mol. The summed E-state index contributed by atoms with van der Waals surface area (Å²) in [5.74, 6) is 0.821. The molecule has 7 heteroatoms. The van der Waals surface area contributed by atoms with E-state index >= 15 is 4.39 Å². The van der Waals surface area contributed by atoms with E-state index in [2.05, 4.69) is 26.0 Å². The molecule has 0 aromatic heterocycles. The highest BCUT2D eigenvalue weighted by atomic mass is 19.1. The molecule has 2 heterocycles. The summed E-state index contributed by atoms with van der Waals surface area (Å²) >= 11 is 0. The summed E-state index contributed by atoms with van der Waals surface area (Å²) in [6, 6.07) is 13.1. The predicted octanol–water partition coefficient (Wildman–Crippen LogP) is 6.68. The number of halogens is 1. The van der Waals surface area contributed by atoms with E-state index in [4.69, 9.17) is 24.1 Å². The van der Waals surface area contributed by atoms with Crippen molar-refractivity contribution in [3.05, 3.63) is 76.1 Å². The second-order valence-corrected chi connectivity index (χ2v) is 10.8. The van der Waals surface area contributed by atoms with Crippen molar-refractivity contribution in [1.82, 2.24) is 0 Å². The summed E-state index contributed by atoms with van der Waals surface area (Å²) in [5.41, 5.74) is 6.83. The van der Waals surface area contributed by atoms with E-state index in [0.29, 0.717) is 36.5 Å². The number of rotatable bonds is 7. The van der Waals surface area contributed by atoms with Crippen LogP contribution in [0.1, 0.15) is 65.5 Å². The molecule has 3 aliphatic rings. The van der Waals surface area contributed by atoms with Crippen molar-refractivity contribution in [3.8, 4) is 28.4 Å². The lowest BCUT2D eigenvalue weighted by molar-refractivity contribution is -0.137. The first-order valence-corrected chi connectivity index (χ1v) is 13.7. The van der Waals surface area contributed by atoms with Gasteiger partial charge in [0.05, 0.1) is 26.2 Å². The van der Waals surface area contributed by atoms with Gasteiger partial charge in [-0.25, -0.2) is 4.39 Å². The molecule has 3 aromatic rings. The summed E-state index contributed by atoms with van der Waals surface area (Å²) in [4.78, 5) is 11.2. The zero-order valence-electron chi connectivity index (χ0n) is 22.3. The fourth-order valence-corrected chi connectivity index (χ4v) is 6.30. The molecule has 0 amide bonds. The third kappa shape index (κ3) is 5.08. The number of hydrogen-bond donors (Lipinski definition) is 1. The summed E-state index contributed by atoms with van der Waals surface area (Å²) in [6.45, 7) is 5.97. The Kier molecular flexibility index (Phi) is 6.94. The van der Waals surface area contributed by atoms with Gasteiger partial charge < -0.3 is 24.1 Å². The molecule has 0 radical (unpaired) electrons. The van der Waals surface area contributed by atoms with Crippen LogP contribution in [-0.4, -0.2) is 37.0 Å². The highest BCUT2D eigenvalue weighted by molar-refractivity contribution is 5.76. The number of fused-ring (bicyclic) bond motifs is 2. The van der Waals surface area contributed by atoms with Crippen LogP contribution >= 0.6 is 0 Å². The van der Waals surface area contributed by atoms with E-state index in [1.54, 1.807) is 12.1 Å². The molecule has 2 atom stereocenters. The molecule has 1 N–H and O–H groups in total. The van der Waals surface area contributed by atoms with Crippen LogP contribution in [0.2, 0.25) is 0 Å². The molecule has 39 heavy (non-hydrogen) atoms. The van der Waals surface area contributed by atoms with Gasteiger partial charge in [-0.05, 0) is 78.8 Å². The van der Waals surface area contributed by atoms with Gasteiger partial charge in [0, 0.05) is 36.0 Å². The summed E-state index contributed by atoms with van der Waals surface area (Å²) in [6.07, 6.45) is 2.96. The molecule has 204 valence electrons. The van der Waals surface area contributed by atoms with E-state index in [1.165, 1.54) is 0 Å². The normalized spacial score (nSPS) is 20.3. The summed E-state index contributed by atoms with van der Waals surface area (Å²) in [5, 5.41) is 9.16. The number of benzene rings is 3. The van der Waals surface area contributed by atoms with Gasteiger partial charge in [0.1, 0.15) is 35.3 Å². The number of ether oxygens (including phenoxy) is 4. The Morgan fingerprint density at radius 1 is 1.00 bits per heavy atom. The first-order valence-electron chi connectivity index (χ1n) is 13.7. The van der Waals surface area contributed by atoms with Crippen LogP contribution in [0.4, 0.5) is 4.39 Å². The number of hydrogen-bond acceptors (Lipinski definition) is 5. The molecule has 0 spiro atoms. The van der Waals surface area contributed by atoms with Gasteiger partial charge in [-0.1, -0.05) is 12.1 Å².